The average molecular weight is 1950 g/mol. The van der Waals surface area contributed by atoms with Crippen LogP contribution in [0, 0.1) is 0 Å². The molecule has 6 aliphatic rings. The molecular formula is C134H96N3O3P3SSi. The summed E-state index contributed by atoms with van der Waals surface area (Å²) < 4.78 is 56.1. The molecule has 3 atom stereocenters. The Kier molecular flexibility index (Phi) is 19.6. The summed E-state index contributed by atoms with van der Waals surface area (Å²) in [6.45, 7) is 9.59. The van der Waals surface area contributed by atoms with Gasteiger partial charge in [0, 0.05) is 95.3 Å². The number of rotatable bonds is 9. The SMILES string of the molecule is CC1(C)c2ccccc2C2(c3ccccc3-n3c4ccccc4c4cccc2c43)c2cccc(P(=O)(c3ccccc3)c3ccccc3)c21.C[Si]1(C)c2ccccc2C2(c3ccccc3-n3c4ccccc4c4cccc2c43)c2cccc(P(=O)(c3ccccc3)c3ccccc3)c21.O=P(c1ccccc1)(c1ccccc1)c1cccc2c1Sc1ccccc1C21c2ccccc2-n2c3ccccc3c3cccc1c32. The Bertz CT molecular complexity index is 9190. The molecule has 1 aliphatic carbocycles. The van der Waals surface area contributed by atoms with Crippen molar-refractivity contribution in [1.29, 1.82) is 0 Å². The van der Waals surface area contributed by atoms with E-state index in [2.05, 4.69) is 392 Å². The van der Waals surface area contributed by atoms with E-state index in [4.69, 9.17) is 0 Å². The molecule has 0 fully saturated rings. The van der Waals surface area contributed by atoms with Gasteiger partial charge in [0.15, 0.2) is 21.4 Å². The molecule has 8 heterocycles. The van der Waals surface area contributed by atoms with E-state index in [0.717, 1.165) is 58.2 Å². The van der Waals surface area contributed by atoms with Crippen LogP contribution >= 0.6 is 33.2 Å². The highest BCUT2D eigenvalue weighted by atomic mass is 32.2. The molecule has 145 heavy (non-hydrogen) atoms. The maximum atomic E-state index is 16.3. The van der Waals surface area contributed by atoms with E-state index >= 15 is 13.7 Å². The highest BCUT2D eigenvalue weighted by Gasteiger charge is 2.59. The Hall–Kier alpha value is -15.7. The zero-order valence-corrected chi connectivity index (χ0v) is 84.8. The first-order valence-corrected chi connectivity index (χ1v) is 59.0. The Balaban J connectivity index is 0.000000106. The van der Waals surface area contributed by atoms with Gasteiger partial charge in [0.2, 0.25) is 0 Å². The van der Waals surface area contributed by atoms with Gasteiger partial charge in [0.25, 0.3) is 0 Å². The summed E-state index contributed by atoms with van der Waals surface area (Å²) >= 11 is 1.76. The number of nitrogens with zero attached hydrogens (tertiary/aromatic N) is 3. The molecule has 24 aromatic rings. The van der Waals surface area contributed by atoms with E-state index in [1.54, 1.807) is 11.8 Å². The fourth-order valence-corrected chi connectivity index (χ4v) is 42.1. The summed E-state index contributed by atoms with van der Waals surface area (Å²) in [6, 6.07) is 181. The van der Waals surface area contributed by atoms with Gasteiger partial charge in [-0.25, -0.2) is 0 Å². The van der Waals surface area contributed by atoms with Crippen LogP contribution in [0.15, 0.2) is 519 Å². The van der Waals surface area contributed by atoms with Gasteiger partial charge in [0.1, 0.15) is 8.07 Å². The fourth-order valence-electron chi connectivity index (χ4n) is 27.1. The molecule has 30 rings (SSSR count). The maximum absolute atomic E-state index is 16.3. The molecule has 0 saturated carbocycles. The summed E-state index contributed by atoms with van der Waals surface area (Å²) in [5.74, 6) is 0. The molecule has 3 unspecified atom stereocenters. The molecule has 0 saturated heterocycles. The highest BCUT2D eigenvalue weighted by Crippen LogP contribution is 2.66. The topological polar surface area (TPSA) is 66.0 Å². The molecule has 0 radical (unpaired) electrons. The van der Waals surface area contributed by atoms with E-state index in [0.29, 0.717) is 0 Å². The van der Waals surface area contributed by atoms with Crippen LogP contribution in [0.4, 0.5) is 0 Å². The predicted molar refractivity (Wildman–Crippen MR) is 609 cm³/mol. The van der Waals surface area contributed by atoms with Crippen molar-refractivity contribution in [2.45, 2.75) is 58.4 Å². The van der Waals surface area contributed by atoms with Gasteiger partial charge in [-0.15, -0.1) is 0 Å². The molecular weight excluding hydrogens is 1850 g/mol. The lowest BCUT2D eigenvalue weighted by Crippen LogP contribution is -2.67. The average Bonchev–Trinajstić information content (AvgIpc) is 1.65. The fraction of sp³-hybridized carbons (Fsp3) is 0.0597. The van der Waals surface area contributed by atoms with Crippen LogP contribution in [0.5, 0.6) is 0 Å². The van der Waals surface area contributed by atoms with Crippen molar-refractivity contribution < 1.29 is 13.7 Å². The largest absolute Gasteiger partial charge is 0.309 e. The second-order valence-corrected chi connectivity index (χ2v) is 53.8. The van der Waals surface area contributed by atoms with Crippen LogP contribution in [-0.2, 0) is 35.4 Å². The molecule has 0 bridgehead atoms. The second-order valence-electron chi connectivity index (χ2n) is 40.3. The number of para-hydroxylation sites is 9. The van der Waals surface area contributed by atoms with Crippen molar-refractivity contribution in [2.24, 2.45) is 0 Å². The minimum absolute atomic E-state index is 0.444. The normalized spacial score (nSPS) is 16.8. The first-order chi connectivity index (χ1) is 71.2. The molecule has 3 spiro atoms. The molecule has 11 heteroatoms. The quantitative estimate of drug-likeness (QED) is 0.107. The number of hydrogen-bond acceptors (Lipinski definition) is 4. The third-order valence-corrected chi connectivity index (χ3v) is 47.2. The Morgan fingerprint density at radius 1 is 0.221 bits per heavy atom. The van der Waals surface area contributed by atoms with Crippen molar-refractivity contribution in [1.82, 2.24) is 13.7 Å². The lowest BCUT2D eigenvalue weighted by Gasteiger charge is -2.51. The summed E-state index contributed by atoms with van der Waals surface area (Å²) in [5.41, 5.74) is 26.1. The Labute approximate surface area is 848 Å². The summed E-state index contributed by atoms with van der Waals surface area (Å²) in [7, 11) is -12.4. The van der Waals surface area contributed by atoms with Crippen molar-refractivity contribution >= 4 is 165 Å². The number of benzene rings is 21. The van der Waals surface area contributed by atoms with Gasteiger partial charge in [-0.3, -0.25) is 0 Å². The van der Waals surface area contributed by atoms with Gasteiger partial charge in [-0.05, 0) is 137 Å². The monoisotopic (exact) mass is 1950 g/mol. The number of aromatic nitrogens is 3. The third-order valence-electron chi connectivity index (χ3n) is 32.7. The van der Waals surface area contributed by atoms with E-state index in [1.807, 2.05) is 158 Å². The van der Waals surface area contributed by atoms with Crippen molar-refractivity contribution in [3.63, 3.8) is 0 Å². The zero-order valence-electron chi connectivity index (χ0n) is 80.3. The molecule has 6 nitrogen and oxygen atoms in total. The van der Waals surface area contributed by atoms with Crippen LogP contribution in [0.1, 0.15) is 91.7 Å². The van der Waals surface area contributed by atoms with Crippen LogP contribution in [-0.4, -0.2) is 21.8 Å². The highest BCUT2D eigenvalue weighted by molar-refractivity contribution is 8.00. The summed E-state index contributed by atoms with van der Waals surface area (Å²) in [4.78, 5) is 2.27. The minimum atomic E-state index is -3.33. The smallest absolute Gasteiger partial charge is 0.172 e. The molecule has 690 valence electrons. The first-order valence-electron chi connectivity index (χ1n) is 50.1. The van der Waals surface area contributed by atoms with Crippen LogP contribution in [0.25, 0.3) is 82.5 Å². The minimum Gasteiger partial charge on any atom is -0.309 e. The van der Waals surface area contributed by atoms with E-state index < -0.39 is 51.2 Å². The lowest BCUT2D eigenvalue weighted by molar-refractivity contribution is 0.557. The van der Waals surface area contributed by atoms with Crippen molar-refractivity contribution in [3.8, 4) is 17.1 Å². The van der Waals surface area contributed by atoms with E-state index in [9.17, 15) is 0 Å². The Morgan fingerprint density at radius 2 is 0.497 bits per heavy atom. The summed E-state index contributed by atoms with van der Waals surface area (Å²) in [5, 5.41) is 18.1. The maximum Gasteiger partial charge on any atom is 0.172 e. The number of fused-ring (bicyclic) bond motifs is 33. The van der Waals surface area contributed by atoms with Gasteiger partial charge < -0.3 is 27.4 Å². The van der Waals surface area contributed by atoms with Crippen LogP contribution in [0.3, 0.4) is 0 Å². The molecule has 0 N–H and O–H groups in total. The van der Waals surface area contributed by atoms with E-state index in [-0.39, 0.29) is 0 Å². The van der Waals surface area contributed by atoms with Crippen molar-refractivity contribution in [3.05, 3.63) is 587 Å². The molecule has 5 aliphatic heterocycles. The number of hydrogen-bond donors (Lipinski definition) is 0. The standard InChI is InChI=1S/C46H34NOP.C45H34NOPSi.C43H28NOPS/c1-45(2)35-23-10-11-24-36(35)46(37-25-12-14-29-41(37)47-40-28-13-9-21-33(40)34-22-15-27-39(46)44(34)47)38-26-16-30-42(43(38)45)49(48,31-17-5-3-6-18-31)32-19-7-4-8-20-32;1-49(2)42-30-14-11-24-36(42)45(35-23-10-13-28-40(35)46-39-27-12-9-21-33(39)34-22-15-25-37(45)43(34)46)38-26-16-29-41(44(38)49)48(47,31-17-5-3-6-18-31)32-19-7-4-8-20-32;45-46(29-15-3-1-4-16-29,30-17-5-2-6-18-30)39-27-14-24-36-42(39)47-40-28-12-9-22-34(40)43(36)33-21-8-11-26-38(33)44-37-25-10-7-19-31(37)32-20-13-23-35(43)41(32)44/h2*3-30H,1-2H3;1-28H. The van der Waals surface area contributed by atoms with E-state index in [1.165, 1.54) is 170 Å². The molecule has 21 aromatic carbocycles. The second kappa shape index (κ2) is 32.7. The van der Waals surface area contributed by atoms with Gasteiger partial charge >= 0.3 is 0 Å². The third kappa shape index (κ3) is 11.7. The molecule has 3 aromatic heterocycles. The van der Waals surface area contributed by atoms with Gasteiger partial charge in [0.05, 0.1) is 66.4 Å². The van der Waals surface area contributed by atoms with Gasteiger partial charge in [-0.1, -0.05) is 500 Å². The lowest BCUT2D eigenvalue weighted by atomic mass is 9.53. The van der Waals surface area contributed by atoms with Crippen LogP contribution < -0.4 is 58.1 Å². The predicted octanol–water partition coefficient (Wildman–Crippen LogP) is 27.6. The van der Waals surface area contributed by atoms with Gasteiger partial charge in [-0.2, -0.15) is 0 Å². The Morgan fingerprint density at radius 3 is 0.924 bits per heavy atom. The summed E-state index contributed by atoms with van der Waals surface area (Å²) in [6.07, 6.45) is 0. The zero-order chi connectivity index (χ0) is 97.1. The van der Waals surface area contributed by atoms with Crippen LogP contribution in [0.2, 0.25) is 13.1 Å². The molecule has 0 amide bonds. The first kappa shape index (κ1) is 87.1. The van der Waals surface area contributed by atoms with Crippen molar-refractivity contribution in [2.75, 3.05) is 0 Å².